The Morgan fingerprint density at radius 1 is 0.770 bits per heavy atom. The minimum Gasteiger partial charge on any atom is -0.481 e. The fraction of sp³-hybridized carbons (Fsp3) is 0.647. The molecule has 27 nitrogen and oxygen atoms in total. The van der Waals surface area contributed by atoms with Crippen molar-refractivity contribution in [3.05, 3.63) is 11.9 Å². The molecule has 0 bridgehead atoms. The van der Waals surface area contributed by atoms with Crippen LogP contribution in [0, 0.1) is 5.92 Å². The Morgan fingerprint density at radius 3 is 1.92 bits per heavy atom. The van der Waals surface area contributed by atoms with E-state index in [1.165, 1.54) is 18.5 Å². The molecule has 1 aromatic rings. The highest BCUT2D eigenvalue weighted by atomic mass is 16.5. The van der Waals surface area contributed by atoms with Crippen LogP contribution in [-0.4, -0.2) is 173 Å². The summed E-state index contributed by atoms with van der Waals surface area (Å²) < 4.78 is 6.72. The molecule has 27 heteroatoms. The molecule has 340 valence electrons. The van der Waals surface area contributed by atoms with E-state index in [0.29, 0.717) is 12.1 Å². The molecule has 61 heavy (non-hydrogen) atoms. The molecule has 1 saturated heterocycles. The van der Waals surface area contributed by atoms with Gasteiger partial charge in [0.05, 0.1) is 25.1 Å². The molecular formula is C34H52N10O17. The lowest BCUT2D eigenvalue weighted by atomic mass is 9.94. The number of nitrogens with one attached hydrogen (secondary N) is 6. The third-order valence-corrected chi connectivity index (χ3v) is 8.86. The van der Waals surface area contributed by atoms with Crippen LogP contribution in [-0.2, 0) is 65.6 Å². The van der Waals surface area contributed by atoms with Gasteiger partial charge in [-0.05, 0) is 18.8 Å². The number of hydrogen-bond donors (Lipinski definition) is 13. The quantitative estimate of drug-likeness (QED) is 0.0434. The average Bonchev–Trinajstić information content (AvgIpc) is 3.61. The van der Waals surface area contributed by atoms with Crippen molar-refractivity contribution in [1.29, 1.82) is 0 Å². The van der Waals surface area contributed by atoms with Gasteiger partial charge in [0.15, 0.2) is 6.10 Å². The first-order chi connectivity index (χ1) is 28.5. The number of aryl methyl sites for hydroxylation is 1. The fourth-order valence-corrected chi connectivity index (χ4v) is 5.72. The third-order valence-electron chi connectivity index (χ3n) is 8.86. The lowest BCUT2D eigenvalue weighted by molar-refractivity contribution is -0.219. The van der Waals surface area contributed by atoms with Crippen molar-refractivity contribution in [1.82, 2.24) is 46.9 Å². The maximum atomic E-state index is 13.5. The fourth-order valence-electron chi connectivity index (χ4n) is 5.72. The Balaban J connectivity index is 2.23. The minimum atomic E-state index is -2.15. The van der Waals surface area contributed by atoms with Crippen molar-refractivity contribution in [3.8, 4) is 0 Å². The third kappa shape index (κ3) is 16.7. The number of aliphatic carboxylic acids is 3. The number of nitrogens with zero attached hydrogens (tertiary/aromatic N) is 3. The molecule has 14 N–H and O–H groups in total. The van der Waals surface area contributed by atoms with Gasteiger partial charge in [0, 0.05) is 19.2 Å². The summed E-state index contributed by atoms with van der Waals surface area (Å²) in [7, 11) is 0. The van der Waals surface area contributed by atoms with Gasteiger partial charge in [-0.1, -0.05) is 32.4 Å². The Morgan fingerprint density at radius 2 is 1.36 bits per heavy atom. The molecular weight excluding hydrogens is 820 g/mol. The smallest absolute Gasteiger partial charge is 0.305 e. The van der Waals surface area contributed by atoms with E-state index in [-0.39, 0.29) is 6.54 Å². The summed E-state index contributed by atoms with van der Waals surface area (Å²) >= 11 is 0. The second-order valence-electron chi connectivity index (χ2n) is 14.3. The Labute approximate surface area is 346 Å². The van der Waals surface area contributed by atoms with Gasteiger partial charge in [-0.25, -0.2) is 4.68 Å². The number of carboxylic acid groups (broad SMARTS) is 3. The molecule has 2 heterocycles. The lowest BCUT2D eigenvalue weighted by Gasteiger charge is -2.40. The van der Waals surface area contributed by atoms with E-state index >= 15 is 0 Å². The second kappa shape index (κ2) is 24.1. The van der Waals surface area contributed by atoms with Crippen molar-refractivity contribution in [3.63, 3.8) is 0 Å². The molecule has 0 aliphatic carbocycles. The molecule has 5 unspecified atom stereocenters. The van der Waals surface area contributed by atoms with E-state index in [2.05, 4.69) is 31.6 Å². The van der Waals surface area contributed by atoms with Crippen molar-refractivity contribution >= 4 is 59.3 Å². The molecule has 7 amide bonds. The number of ether oxygens (including phenoxy) is 1. The molecule has 9 atom stereocenters. The minimum absolute atomic E-state index is 0.303. The predicted octanol–water partition coefficient (Wildman–Crippen LogP) is -6.79. The highest BCUT2D eigenvalue weighted by Gasteiger charge is 2.47. The topological polar surface area (TPSA) is 430 Å². The first-order valence-corrected chi connectivity index (χ1v) is 18.8. The zero-order valence-electron chi connectivity index (χ0n) is 33.3. The molecule has 0 radical (unpaired) electrons. The summed E-state index contributed by atoms with van der Waals surface area (Å²) in [6.45, 7) is 3.25. The summed E-state index contributed by atoms with van der Waals surface area (Å²) in [6, 6.07) is -7.24. The van der Waals surface area contributed by atoms with Crippen molar-refractivity contribution in [2.45, 2.75) is 121 Å². The van der Waals surface area contributed by atoms with Crippen molar-refractivity contribution in [2.24, 2.45) is 11.7 Å². The van der Waals surface area contributed by atoms with Gasteiger partial charge >= 0.3 is 17.9 Å². The highest BCUT2D eigenvalue weighted by molar-refractivity contribution is 5.98. The molecule has 0 spiro atoms. The summed E-state index contributed by atoms with van der Waals surface area (Å²) in [5.74, 6) is -13.3. The Hall–Kier alpha value is -6.32. The number of carbonyl (C=O) groups is 10. The first-order valence-electron chi connectivity index (χ1n) is 18.8. The maximum absolute atomic E-state index is 13.5. The van der Waals surface area contributed by atoms with Crippen LogP contribution in [0.2, 0.25) is 0 Å². The van der Waals surface area contributed by atoms with Gasteiger partial charge in [0.1, 0.15) is 55.1 Å². The van der Waals surface area contributed by atoms with Gasteiger partial charge in [-0.3, -0.25) is 47.9 Å². The van der Waals surface area contributed by atoms with Gasteiger partial charge in [0.2, 0.25) is 35.4 Å². The largest absolute Gasteiger partial charge is 0.481 e. The summed E-state index contributed by atoms with van der Waals surface area (Å²) in [4.78, 5) is 124. The zero-order valence-corrected chi connectivity index (χ0v) is 33.3. The summed E-state index contributed by atoms with van der Waals surface area (Å²) in [6.07, 6.45) is -10.3. The van der Waals surface area contributed by atoms with Crippen LogP contribution in [0.4, 0.5) is 0 Å². The maximum Gasteiger partial charge on any atom is 0.305 e. The number of rotatable bonds is 25. The number of aromatic nitrogens is 3. The van der Waals surface area contributed by atoms with Crippen LogP contribution in [0.5, 0.6) is 0 Å². The number of carboxylic acids is 3. The van der Waals surface area contributed by atoms with E-state index < -0.39 is 159 Å². The number of aliphatic hydroxyl groups is 3. The van der Waals surface area contributed by atoms with Crippen LogP contribution in [0.1, 0.15) is 58.6 Å². The highest BCUT2D eigenvalue weighted by Crippen LogP contribution is 2.22. The van der Waals surface area contributed by atoms with E-state index in [1.54, 1.807) is 6.20 Å². The Kier molecular flexibility index (Phi) is 20.0. The molecule has 2 rings (SSSR count). The SMILES string of the molecule is CCCc1cn(CC(=O)NCC2OC(C(=O)N[C@@H](CC(=O)O)C(=O)N[C@@H](CCC(=O)O)C(=O)N[C@H](C(=O)N[C@@H](CC(=O)O)C(=O)NCC(N)=O)C(C)C)C(O)C(O)C2O)nn1. The number of nitrogens with two attached hydrogens (primary N) is 1. The van der Waals surface area contributed by atoms with E-state index in [4.69, 9.17) is 10.5 Å². The van der Waals surface area contributed by atoms with Gasteiger partial charge in [-0.2, -0.15) is 0 Å². The van der Waals surface area contributed by atoms with Crippen molar-refractivity contribution in [2.75, 3.05) is 13.1 Å². The predicted molar refractivity (Wildman–Crippen MR) is 200 cm³/mol. The zero-order chi connectivity index (χ0) is 46.1. The van der Waals surface area contributed by atoms with Crippen LogP contribution in [0.25, 0.3) is 0 Å². The first kappa shape index (κ1) is 50.8. The standard InChI is InChI=1S/C34H52N10O17/c1-4-5-15-12-44(43-42-15)13-21(46)36-10-19-26(53)27(54)28(55)29(61-19)34(60)40-18(9-24(51)52)32(58)38-16(6-7-22(47)48)31(57)41-25(14(2)3)33(59)39-17(8-23(49)50)30(56)37-11-20(35)45/h12,14,16-19,25-29,53-55H,4-11,13H2,1-3H3,(H2,35,45)(H,36,46)(H,37,56)(H,38,58)(H,39,59)(H,40,60)(H,41,57)(H,47,48)(H,49,50)(H,51,52)/t16-,17-,18-,19?,25-,26?,27?,28?,29?/m0/s1. The van der Waals surface area contributed by atoms with Gasteiger partial charge in [-0.15, -0.1) is 5.10 Å². The Bertz CT molecular complexity index is 1770. The molecule has 1 aliphatic rings. The molecule has 1 aliphatic heterocycles. The molecule has 1 fully saturated rings. The van der Waals surface area contributed by atoms with Gasteiger partial charge < -0.3 is 73.0 Å². The number of primary amides is 1. The van der Waals surface area contributed by atoms with E-state index in [1.807, 2.05) is 17.6 Å². The van der Waals surface area contributed by atoms with Gasteiger partial charge in [0.25, 0.3) is 5.91 Å². The van der Waals surface area contributed by atoms with Crippen LogP contribution >= 0.6 is 0 Å². The number of aliphatic hydroxyl groups excluding tert-OH is 3. The summed E-state index contributed by atoms with van der Waals surface area (Å²) in [5, 5.41) is 80.5. The normalized spacial score (nSPS) is 20.5. The number of hydrogen-bond acceptors (Lipinski definition) is 16. The second-order valence-corrected chi connectivity index (χ2v) is 14.3. The average molecular weight is 873 g/mol. The van der Waals surface area contributed by atoms with E-state index in [9.17, 15) is 78.6 Å². The van der Waals surface area contributed by atoms with Crippen LogP contribution < -0.4 is 37.6 Å². The molecule has 0 saturated carbocycles. The monoisotopic (exact) mass is 872 g/mol. The molecule has 1 aromatic heterocycles. The summed E-state index contributed by atoms with van der Waals surface area (Å²) in [5.41, 5.74) is 5.62. The molecule has 0 aromatic carbocycles. The van der Waals surface area contributed by atoms with Crippen LogP contribution in [0.15, 0.2) is 6.20 Å². The number of carbonyl (C=O) groups excluding carboxylic acids is 7. The van der Waals surface area contributed by atoms with Crippen molar-refractivity contribution < 1.29 is 83.3 Å². The lowest BCUT2D eigenvalue weighted by Crippen LogP contribution is -2.65. The van der Waals surface area contributed by atoms with E-state index in [0.717, 1.165) is 6.42 Å². The number of amides is 7. The van der Waals surface area contributed by atoms with Crippen LogP contribution in [0.3, 0.4) is 0 Å².